The van der Waals surface area contributed by atoms with Crippen molar-refractivity contribution in [2.45, 2.75) is 30.9 Å². The van der Waals surface area contributed by atoms with E-state index in [9.17, 15) is 4.79 Å². The van der Waals surface area contributed by atoms with Gasteiger partial charge in [-0.1, -0.05) is 18.2 Å². The standard InChI is InChI=1S/C27H34N2O6/c1-4-14-27(26(31)28-15-6-17-32-2)24(21-8-5-9-23(19-21)33-3)35-25(29-27)20-10-12-22(13-11-20)34-18-7-16-30/h4-5,8-13,19,24,30H,1,6-7,14-18H2,2-3H3,(H,28,31)/t24-,27-/m1/s1. The van der Waals surface area contributed by atoms with Gasteiger partial charge < -0.3 is 29.4 Å². The van der Waals surface area contributed by atoms with Gasteiger partial charge in [-0.25, -0.2) is 4.99 Å². The van der Waals surface area contributed by atoms with Crippen LogP contribution < -0.4 is 14.8 Å². The molecule has 0 radical (unpaired) electrons. The fraction of sp³-hybridized carbons (Fsp3) is 0.407. The molecule has 0 saturated carbocycles. The van der Waals surface area contributed by atoms with E-state index < -0.39 is 11.6 Å². The lowest BCUT2D eigenvalue weighted by Crippen LogP contribution is -2.48. The van der Waals surface area contributed by atoms with Crippen LogP contribution in [-0.2, 0) is 14.3 Å². The number of aliphatic hydroxyl groups excluding tert-OH is 1. The van der Waals surface area contributed by atoms with E-state index in [2.05, 4.69) is 11.9 Å². The minimum atomic E-state index is -1.23. The summed E-state index contributed by atoms with van der Waals surface area (Å²) in [6.45, 7) is 5.40. The number of ether oxygens (including phenoxy) is 4. The van der Waals surface area contributed by atoms with Crippen molar-refractivity contribution in [3.05, 3.63) is 72.3 Å². The number of amides is 1. The second-order valence-corrected chi connectivity index (χ2v) is 8.16. The molecule has 0 unspecified atom stereocenters. The fourth-order valence-electron chi connectivity index (χ4n) is 3.91. The van der Waals surface area contributed by atoms with Crippen molar-refractivity contribution in [3.63, 3.8) is 0 Å². The molecule has 35 heavy (non-hydrogen) atoms. The average Bonchev–Trinajstić information content (AvgIpc) is 3.28. The van der Waals surface area contributed by atoms with E-state index in [1.54, 1.807) is 20.3 Å². The summed E-state index contributed by atoms with van der Waals surface area (Å²) in [5.41, 5.74) is 0.277. The zero-order valence-corrected chi connectivity index (χ0v) is 20.4. The van der Waals surface area contributed by atoms with Crippen LogP contribution in [0.3, 0.4) is 0 Å². The van der Waals surface area contributed by atoms with Gasteiger partial charge in [0.25, 0.3) is 5.91 Å². The molecule has 1 aliphatic rings. The molecule has 3 rings (SSSR count). The number of methoxy groups -OCH3 is 2. The molecule has 1 aliphatic heterocycles. The zero-order valence-electron chi connectivity index (χ0n) is 20.4. The first kappa shape index (κ1) is 26.2. The average molecular weight is 483 g/mol. The van der Waals surface area contributed by atoms with E-state index in [1.807, 2.05) is 48.5 Å². The minimum absolute atomic E-state index is 0.0767. The number of aliphatic hydroxyl groups is 1. The van der Waals surface area contributed by atoms with Gasteiger partial charge >= 0.3 is 0 Å². The van der Waals surface area contributed by atoms with Crippen LogP contribution in [0.1, 0.15) is 36.5 Å². The Morgan fingerprint density at radius 2 is 1.97 bits per heavy atom. The zero-order chi connectivity index (χ0) is 25.1. The molecule has 2 N–H and O–H groups in total. The smallest absolute Gasteiger partial charge is 0.252 e. The molecule has 0 aromatic heterocycles. The monoisotopic (exact) mass is 482 g/mol. The molecule has 0 bridgehead atoms. The topological polar surface area (TPSA) is 98.6 Å². The number of nitrogens with zero attached hydrogens (tertiary/aromatic N) is 1. The Morgan fingerprint density at radius 3 is 2.66 bits per heavy atom. The molecule has 2 atom stereocenters. The number of hydrogen-bond acceptors (Lipinski definition) is 7. The molecular formula is C27H34N2O6. The maximum Gasteiger partial charge on any atom is 0.252 e. The Labute approximate surface area is 206 Å². The Bertz CT molecular complexity index is 1010. The highest BCUT2D eigenvalue weighted by atomic mass is 16.5. The molecule has 188 valence electrons. The van der Waals surface area contributed by atoms with E-state index >= 15 is 0 Å². The molecule has 0 spiro atoms. The third kappa shape index (κ3) is 6.41. The normalized spacial score (nSPS) is 18.9. The van der Waals surface area contributed by atoms with Crippen molar-refractivity contribution in [3.8, 4) is 11.5 Å². The van der Waals surface area contributed by atoms with Crippen molar-refractivity contribution in [2.24, 2.45) is 4.99 Å². The summed E-state index contributed by atoms with van der Waals surface area (Å²) in [6.07, 6.45) is 2.55. The van der Waals surface area contributed by atoms with Crippen molar-refractivity contribution in [1.29, 1.82) is 0 Å². The summed E-state index contributed by atoms with van der Waals surface area (Å²) >= 11 is 0. The van der Waals surface area contributed by atoms with Gasteiger partial charge in [-0.05, 0) is 48.4 Å². The summed E-state index contributed by atoms with van der Waals surface area (Å²) in [6, 6.07) is 14.8. The fourth-order valence-corrected chi connectivity index (χ4v) is 3.91. The molecule has 1 amide bonds. The molecule has 2 aromatic carbocycles. The first-order valence-corrected chi connectivity index (χ1v) is 11.7. The SMILES string of the molecule is C=CC[C@@]1(C(=O)NCCCOC)N=C(c2ccc(OCCCO)cc2)O[C@@H]1c1cccc(OC)c1. The van der Waals surface area contributed by atoms with E-state index in [-0.39, 0.29) is 18.9 Å². The molecule has 8 heteroatoms. The Balaban J connectivity index is 1.95. The van der Waals surface area contributed by atoms with Gasteiger partial charge in [0.05, 0.1) is 13.7 Å². The molecule has 0 fully saturated rings. The van der Waals surface area contributed by atoms with E-state index in [0.29, 0.717) is 50.0 Å². The van der Waals surface area contributed by atoms with Gasteiger partial charge in [0.15, 0.2) is 11.6 Å². The predicted molar refractivity (Wildman–Crippen MR) is 134 cm³/mol. The van der Waals surface area contributed by atoms with Gasteiger partial charge in [0.1, 0.15) is 11.5 Å². The number of hydrogen-bond donors (Lipinski definition) is 2. The van der Waals surface area contributed by atoms with E-state index in [0.717, 1.165) is 11.1 Å². The number of nitrogens with one attached hydrogen (secondary N) is 1. The van der Waals surface area contributed by atoms with Crippen molar-refractivity contribution in [2.75, 3.05) is 40.6 Å². The van der Waals surface area contributed by atoms with Crippen LogP contribution in [0.4, 0.5) is 0 Å². The summed E-state index contributed by atoms with van der Waals surface area (Å²) < 4.78 is 22.5. The number of aliphatic imine (C=N–C) groups is 1. The quantitative estimate of drug-likeness (QED) is 0.316. The summed E-state index contributed by atoms with van der Waals surface area (Å²) in [5.74, 6) is 1.48. The predicted octanol–water partition coefficient (Wildman–Crippen LogP) is 3.44. The van der Waals surface area contributed by atoms with E-state index in [4.69, 9.17) is 29.0 Å². The van der Waals surface area contributed by atoms with Gasteiger partial charge in [-0.15, -0.1) is 6.58 Å². The Kier molecular flexibility index (Phi) is 9.69. The lowest BCUT2D eigenvalue weighted by atomic mass is 9.84. The van der Waals surface area contributed by atoms with Crippen LogP contribution >= 0.6 is 0 Å². The van der Waals surface area contributed by atoms with Crippen LogP contribution in [0.5, 0.6) is 11.5 Å². The number of rotatable bonds is 14. The summed E-state index contributed by atoms with van der Waals surface area (Å²) in [4.78, 5) is 18.4. The molecule has 8 nitrogen and oxygen atoms in total. The first-order valence-electron chi connectivity index (χ1n) is 11.7. The summed E-state index contributed by atoms with van der Waals surface area (Å²) in [7, 11) is 3.23. The second-order valence-electron chi connectivity index (χ2n) is 8.16. The van der Waals surface area contributed by atoms with Crippen molar-refractivity contribution < 1.29 is 28.8 Å². The van der Waals surface area contributed by atoms with Crippen LogP contribution in [0.15, 0.2) is 66.2 Å². The lowest BCUT2D eigenvalue weighted by molar-refractivity contribution is -0.128. The number of benzene rings is 2. The lowest BCUT2D eigenvalue weighted by Gasteiger charge is -2.29. The highest BCUT2D eigenvalue weighted by molar-refractivity contribution is 6.01. The van der Waals surface area contributed by atoms with Crippen LogP contribution in [0.25, 0.3) is 0 Å². The van der Waals surface area contributed by atoms with Gasteiger partial charge in [0.2, 0.25) is 5.90 Å². The Morgan fingerprint density at radius 1 is 1.17 bits per heavy atom. The maximum absolute atomic E-state index is 13.6. The summed E-state index contributed by atoms with van der Waals surface area (Å²) in [5, 5.41) is 11.9. The Hall–Kier alpha value is -3.36. The molecule has 0 aliphatic carbocycles. The first-order chi connectivity index (χ1) is 17.1. The van der Waals surface area contributed by atoms with Crippen molar-refractivity contribution >= 4 is 11.8 Å². The highest BCUT2D eigenvalue weighted by Crippen LogP contribution is 2.43. The van der Waals surface area contributed by atoms with Crippen molar-refractivity contribution in [1.82, 2.24) is 5.32 Å². The largest absolute Gasteiger partial charge is 0.497 e. The van der Waals surface area contributed by atoms with E-state index in [1.165, 1.54) is 0 Å². The van der Waals surface area contributed by atoms with Gasteiger partial charge in [-0.3, -0.25) is 4.79 Å². The molecule has 2 aromatic rings. The third-order valence-electron chi connectivity index (χ3n) is 5.69. The third-order valence-corrected chi connectivity index (χ3v) is 5.69. The second kappa shape index (κ2) is 12.9. The molecule has 0 saturated heterocycles. The maximum atomic E-state index is 13.6. The van der Waals surface area contributed by atoms with Gasteiger partial charge in [-0.2, -0.15) is 0 Å². The van der Waals surface area contributed by atoms with Crippen LogP contribution in [0.2, 0.25) is 0 Å². The highest BCUT2D eigenvalue weighted by Gasteiger charge is 2.52. The number of carbonyl (C=O) groups excluding carboxylic acids is 1. The van der Waals surface area contributed by atoms with Crippen LogP contribution in [0, 0.1) is 0 Å². The molecule has 1 heterocycles. The number of carbonyl (C=O) groups is 1. The molecular weight excluding hydrogens is 448 g/mol. The van der Waals surface area contributed by atoms with Gasteiger partial charge in [0, 0.05) is 45.3 Å². The van der Waals surface area contributed by atoms with Crippen LogP contribution in [-0.4, -0.2) is 63.0 Å². The minimum Gasteiger partial charge on any atom is -0.497 e.